The van der Waals surface area contributed by atoms with Gasteiger partial charge in [0.2, 0.25) is 0 Å². The van der Waals surface area contributed by atoms with Gasteiger partial charge in [0.15, 0.2) is 17.4 Å². The van der Waals surface area contributed by atoms with E-state index in [0.717, 1.165) is 0 Å². The molecule has 4 heavy (non-hydrogen) atoms. The summed E-state index contributed by atoms with van der Waals surface area (Å²) in [4.78, 5) is 0. The standard InChI is InChI=1S/Al.Cu.2O.3H. The van der Waals surface area contributed by atoms with E-state index in [1.807, 2.05) is 0 Å². The zero-order chi connectivity index (χ0) is 2.71. The Hall–Kier alpha value is 0.652. The Balaban J connectivity index is 0. The van der Waals surface area contributed by atoms with Gasteiger partial charge in [-0.05, 0) is 0 Å². The molecule has 2 nitrogen and oxygen atoms in total. The summed E-state index contributed by atoms with van der Waals surface area (Å²) in [6.45, 7) is 0. The van der Waals surface area contributed by atoms with Crippen molar-refractivity contribution in [2.45, 2.75) is 0 Å². The number of hydrogen-bond acceptors (Lipinski definition) is 2. The van der Waals surface area contributed by atoms with Crippen LogP contribution >= 0.6 is 0 Å². The Morgan fingerprint density at radius 3 is 1.25 bits per heavy atom. The normalized spacial score (nSPS) is 5.00. The summed E-state index contributed by atoms with van der Waals surface area (Å²) in [7, 11) is 0. The molecule has 0 atom stereocenters. The molecule has 0 N–H and O–H groups in total. The maximum absolute atomic E-state index is 8.28. The first-order valence-corrected chi connectivity index (χ1v) is 1.02. The third kappa shape index (κ3) is 17.0. The topological polar surface area (TPSA) is 34.1 Å². The van der Waals surface area contributed by atoms with E-state index < -0.39 is 14.8 Å². The molecule has 0 saturated carbocycles. The van der Waals surface area contributed by atoms with Crippen LogP contribution < -0.4 is 0 Å². The second-order valence-electron chi connectivity index (χ2n) is 0.0503. The van der Waals surface area contributed by atoms with Crippen LogP contribution in [0.4, 0.5) is 0 Å². The fourth-order valence-electron chi connectivity index (χ4n) is 0. The summed E-state index contributed by atoms with van der Waals surface area (Å²) in [5.41, 5.74) is 0. The predicted octanol–water partition coefficient (Wildman–Crippen LogP) is -1.42. The molecule has 0 rings (SSSR count). The summed E-state index contributed by atoms with van der Waals surface area (Å²) in [5.74, 6) is 0. The number of hydrogen-bond donors (Lipinski definition) is 0. The first-order chi connectivity index (χ1) is 1.41. The van der Waals surface area contributed by atoms with Crippen molar-refractivity contribution >= 4 is 17.4 Å². The summed E-state index contributed by atoms with van der Waals surface area (Å²) in [6, 6.07) is 0. The van der Waals surface area contributed by atoms with E-state index in [1.54, 1.807) is 0 Å². The van der Waals surface area contributed by atoms with Gasteiger partial charge in [-0.2, -0.15) is 0 Å². The minimum atomic E-state index is -0.688. The van der Waals surface area contributed by atoms with Crippen molar-refractivity contribution < 1.29 is 22.5 Å². The van der Waals surface area contributed by atoms with E-state index in [1.165, 1.54) is 0 Å². The van der Waals surface area contributed by atoms with Crippen LogP contribution in [-0.2, 0) is 22.5 Å². The van der Waals surface area contributed by atoms with E-state index in [4.69, 9.17) is 7.67 Å². The Morgan fingerprint density at radius 2 is 1.25 bits per heavy atom. The van der Waals surface area contributed by atoms with Crippen molar-refractivity contribution in [3.05, 3.63) is 0 Å². The van der Waals surface area contributed by atoms with Gasteiger partial charge in [0.05, 0.1) is 0 Å². The van der Waals surface area contributed by atoms with E-state index >= 15 is 0 Å². The molecule has 0 radical (unpaired) electrons. The van der Waals surface area contributed by atoms with Crippen LogP contribution in [0.5, 0.6) is 0 Å². The molecule has 29 valence electrons. The summed E-state index contributed by atoms with van der Waals surface area (Å²) in [6.07, 6.45) is 0. The molecule has 0 aliphatic heterocycles. The molecule has 0 aliphatic rings. The van der Waals surface area contributed by atoms with E-state index in [0.29, 0.717) is 0 Å². The maximum atomic E-state index is 8.28. The molecule has 0 heterocycles. The molecule has 0 bridgehead atoms. The van der Waals surface area contributed by atoms with Crippen molar-refractivity contribution in [3.8, 4) is 0 Å². The molecule has 0 aromatic heterocycles. The van der Waals surface area contributed by atoms with Crippen molar-refractivity contribution in [3.63, 3.8) is 0 Å². The quantitative estimate of drug-likeness (QED) is 0.373. The molecular weight excluding hydrogens is 123 g/mol. The second-order valence-corrected chi connectivity index (χ2v) is 0.207. The Morgan fingerprint density at radius 1 is 1.25 bits per heavy atom. The fourth-order valence-corrected chi connectivity index (χ4v) is 0. The van der Waals surface area contributed by atoms with Gasteiger partial charge < -0.3 is 0 Å². The van der Waals surface area contributed by atoms with Crippen LogP contribution in [0.3, 0.4) is 0 Å². The molecule has 0 unspecified atom stereocenters. The minimum absolute atomic E-state index is 0. The fraction of sp³-hybridized carbons (Fsp3) is 0. The van der Waals surface area contributed by atoms with Crippen molar-refractivity contribution in [1.29, 1.82) is 0 Å². The molecular formula is H3AlCuO2. The molecule has 0 fully saturated rings. The Bertz CT molecular complexity index is 27.0. The summed E-state index contributed by atoms with van der Waals surface area (Å²) < 4.78 is 16.6. The van der Waals surface area contributed by atoms with Crippen molar-refractivity contribution in [1.82, 2.24) is 0 Å². The van der Waals surface area contributed by atoms with Crippen LogP contribution in [0.1, 0.15) is 0 Å². The summed E-state index contributed by atoms with van der Waals surface area (Å²) >= 11 is -0.688. The van der Waals surface area contributed by atoms with Gasteiger partial charge in [0, 0.05) is 0 Å². The summed E-state index contributed by atoms with van der Waals surface area (Å²) in [5, 5.41) is 0. The van der Waals surface area contributed by atoms with E-state index in [-0.39, 0.29) is 17.4 Å². The van der Waals surface area contributed by atoms with Crippen LogP contribution in [0, 0.1) is 0 Å². The van der Waals surface area contributed by atoms with Gasteiger partial charge in [-0.1, -0.05) is 0 Å². The SMILES string of the molecule is [AlH3].[O]=[Cu]=[O]. The average molecular weight is 126 g/mol. The molecule has 0 aromatic rings. The monoisotopic (exact) mass is 125 g/mol. The van der Waals surface area contributed by atoms with Crippen LogP contribution in [0.15, 0.2) is 0 Å². The molecule has 0 spiro atoms. The zero-order valence-electron chi connectivity index (χ0n) is 1.12. The first-order valence-electron chi connectivity index (χ1n) is 0.246. The molecule has 0 aromatic carbocycles. The van der Waals surface area contributed by atoms with Crippen LogP contribution in [0.25, 0.3) is 0 Å². The van der Waals surface area contributed by atoms with E-state index in [2.05, 4.69) is 0 Å². The first kappa shape index (κ1) is 8.82. The van der Waals surface area contributed by atoms with Crippen LogP contribution in [0.2, 0.25) is 0 Å². The molecule has 0 amide bonds. The van der Waals surface area contributed by atoms with Gasteiger partial charge in [0.1, 0.15) is 0 Å². The Labute approximate surface area is 40.3 Å². The van der Waals surface area contributed by atoms with Gasteiger partial charge in [-0.15, -0.1) is 0 Å². The van der Waals surface area contributed by atoms with Gasteiger partial charge in [0.25, 0.3) is 0 Å². The zero-order valence-corrected chi connectivity index (χ0v) is 2.06. The Kier molecular flexibility index (Phi) is 20.8. The van der Waals surface area contributed by atoms with Gasteiger partial charge in [-0.25, -0.2) is 0 Å². The molecule has 0 saturated heterocycles. The third-order valence-electron chi connectivity index (χ3n) is 0. The average Bonchev–Trinajstić information content (AvgIpc) is 0.918. The van der Waals surface area contributed by atoms with Crippen molar-refractivity contribution in [2.24, 2.45) is 0 Å². The third-order valence-corrected chi connectivity index (χ3v) is 0. The number of rotatable bonds is 0. The van der Waals surface area contributed by atoms with E-state index in [9.17, 15) is 0 Å². The van der Waals surface area contributed by atoms with Gasteiger partial charge >= 0.3 is 22.5 Å². The van der Waals surface area contributed by atoms with Gasteiger partial charge in [-0.3, -0.25) is 0 Å². The predicted molar refractivity (Wildman–Crippen MR) is 11.3 cm³/mol. The van der Waals surface area contributed by atoms with Crippen molar-refractivity contribution in [2.75, 3.05) is 0 Å². The molecule has 0 aliphatic carbocycles. The van der Waals surface area contributed by atoms with Crippen LogP contribution in [-0.4, -0.2) is 17.4 Å². The molecule has 4 heteroatoms. The second kappa shape index (κ2) is 9.41.